The van der Waals surface area contributed by atoms with Crippen molar-refractivity contribution in [3.63, 3.8) is 0 Å². The Morgan fingerprint density at radius 2 is 2.24 bits per heavy atom. The van der Waals surface area contributed by atoms with Gasteiger partial charge in [-0.25, -0.2) is 4.39 Å². The van der Waals surface area contributed by atoms with E-state index in [4.69, 9.17) is 5.73 Å². The molecular weight excluding hydrogens is 283 g/mol. The Morgan fingerprint density at radius 1 is 1.41 bits per heavy atom. The van der Waals surface area contributed by atoms with E-state index >= 15 is 0 Å². The molecule has 1 aliphatic rings. The Bertz CT molecular complexity index is 384. The number of hydrogen-bond donors (Lipinski definition) is 1. The van der Waals surface area contributed by atoms with Gasteiger partial charge in [-0.1, -0.05) is 18.6 Å². The van der Waals surface area contributed by atoms with Gasteiger partial charge in [-0.05, 0) is 46.9 Å². The molecule has 0 saturated carbocycles. The Balaban J connectivity index is 2.11. The van der Waals surface area contributed by atoms with Crippen molar-refractivity contribution in [3.8, 4) is 0 Å². The lowest BCUT2D eigenvalue weighted by Crippen LogP contribution is -2.43. The van der Waals surface area contributed by atoms with Crippen molar-refractivity contribution in [2.24, 2.45) is 5.73 Å². The van der Waals surface area contributed by atoms with Crippen LogP contribution in [0.3, 0.4) is 0 Å². The fourth-order valence-corrected chi connectivity index (χ4v) is 2.81. The largest absolute Gasteiger partial charge is 0.329 e. The monoisotopic (exact) mass is 300 g/mol. The normalized spacial score (nSPS) is 21.7. The lowest BCUT2D eigenvalue weighted by atomic mass is 10.0. The van der Waals surface area contributed by atoms with Crippen molar-refractivity contribution in [2.75, 3.05) is 13.1 Å². The number of benzene rings is 1. The summed E-state index contributed by atoms with van der Waals surface area (Å²) in [7, 11) is 0. The molecule has 0 radical (unpaired) electrons. The van der Waals surface area contributed by atoms with Gasteiger partial charge in [-0.3, -0.25) is 4.90 Å². The molecule has 4 heteroatoms. The van der Waals surface area contributed by atoms with Gasteiger partial charge in [0, 0.05) is 19.1 Å². The molecule has 0 aromatic heterocycles. The van der Waals surface area contributed by atoms with Gasteiger partial charge in [0.1, 0.15) is 5.82 Å². The van der Waals surface area contributed by atoms with Crippen molar-refractivity contribution < 1.29 is 4.39 Å². The molecule has 94 valence electrons. The quantitative estimate of drug-likeness (QED) is 0.930. The van der Waals surface area contributed by atoms with Crippen molar-refractivity contribution in [1.29, 1.82) is 0 Å². The molecule has 1 aromatic carbocycles. The highest BCUT2D eigenvalue weighted by atomic mass is 79.9. The maximum absolute atomic E-state index is 13.4. The molecule has 0 amide bonds. The molecule has 1 unspecified atom stereocenters. The highest BCUT2D eigenvalue weighted by Crippen LogP contribution is 2.25. The summed E-state index contributed by atoms with van der Waals surface area (Å²) in [6, 6.07) is 5.65. The van der Waals surface area contributed by atoms with Gasteiger partial charge < -0.3 is 5.73 Å². The van der Waals surface area contributed by atoms with Crippen molar-refractivity contribution >= 4 is 15.9 Å². The van der Waals surface area contributed by atoms with Crippen LogP contribution in [0.4, 0.5) is 4.39 Å². The van der Waals surface area contributed by atoms with Gasteiger partial charge in [0.15, 0.2) is 0 Å². The number of rotatable bonds is 3. The highest BCUT2D eigenvalue weighted by molar-refractivity contribution is 9.10. The molecular formula is C13H18BrFN2. The molecule has 0 aliphatic carbocycles. The Morgan fingerprint density at radius 3 is 3.00 bits per heavy atom. The molecule has 1 heterocycles. The predicted molar refractivity (Wildman–Crippen MR) is 71.2 cm³/mol. The summed E-state index contributed by atoms with van der Waals surface area (Å²) in [6.45, 7) is 2.53. The summed E-state index contributed by atoms with van der Waals surface area (Å²) in [5, 5.41) is 0. The number of piperidine rings is 1. The first kappa shape index (κ1) is 13.0. The molecule has 0 bridgehead atoms. The predicted octanol–water partition coefficient (Wildman–Crippen LogP) is 2.90. The minimum atomic E-state index is -0.191. The first-order chi connectivity index (χ1) is 8.22. The first-order valence-electron chi connectivity index (χ1n) is 6.09. The molecule has 1 saturated heterocycles. The third kappa shape index (κ3) is 3.06. The van der Waals surface area contributed by atoms with Crippen molar-refractivity contribution in [1.82, 2.24) is 4.90 Å². The summed E-state index contributed by atoms with van der Waals surface area (Å²) in [5.74, 6) is -0.191. The Kier molecular flexibility index (Phi) is 4.54. The van der Waals surface area contributed by atoms with Crippen LogP contribution in [0.25, 0.3) is 0 Å². The molecule has 2 nitrogen and oxygen atoms in total. The van der Waals surface area contributed by atoms with E-state index in [1.165, 1.54) is 18.9 Å². The van der Waals surface area contributed by atoms with Crippen LogP contribution in [0.2, 0.25) is 0 Å². The lowest BCUT2D eigenvalue weighted by molar-refractivity contribution is 0.144. The summed E-state index contributed by atoms with van der Waals surface area (Å²) >= 11 is 3.32. The van der Waals surface area contributed by atoms with Crippen LogP contribution in [0.15, 0.2) is 22.7 Å². The number of halogens is 2. The van der Waals surface area contributed by atoms with E-state index < -0.39 is 0 Å². The van der Waals surface area contributed by atoms with Gasteiger partial charge in [0.25, 0.3) is 0 Å². The summed E-state index contributed by atoms with van der Waals surface area (Å²) in [5.41, 5.74) is 6.79. The number of likely N-dealkylation sites (tertiary alicyclic amines) is 1. The van der Waals surface area contributed by atoms with Crippen molar-refractivity contribution in [3.05, 3.63) is 34.1 Å². The van der Waals surface area contributed by atoms with Gasteiger partial charge >= 0.3 is 0 Å². The molecule has 1 atom stereocenters. The zero-order valence-corrected chi connectivity index (χ0v) is 11.4. The van der Waals surface area contributed by atoms with Gasteiger partial charge in [-0.2, -0.15) is 0 Å². The molecule has 1 fully saturated rings. The highest BCUT2D eigenvalue weighted by Gasteiger charge is 2.21. The molecule has 17 heavy (non-hydrogen) atoms. The fraction of sp³-hybridized carbons (Fsp3) is 0.538. The fourth-order valence-electron chi connectivity index (χ4n) is 2.42. The van der Waals surface area contributed by atoms with E-state index in [1.54, 1.807) is 6.07 Å². The summed E-state index contributed by atoms with van der Waals surface area (Å²) < 4.78 is 14.0. The molecule has 2 N–H and O–H groups in total. The minimum absolute atomic E-state index is 0.191. The maximum atomic E-state index is 13.4. The molecule has 2 rings (SSSR count). The number of hydrogen-bond acceptors (Lipinski definition) is 2. The Labute approximate surface area is 110 Å². The van der Waals surface area contributed by atoms with E-state index in [0.717, 1.165) is 25.1 Å². The standard InChI is InChI=1S/C13H18BrFN2/c14-13-10(4-3-6-12(13)15)9-17-7-2-1-5-11(17)8-16/h3-4,6,11H,1-2,5,7-9,16H2. The van der Waals surface area contributed by atoms with Gasteiger partial charge in [-0.15, -0.1) is 0 Å². The minimum Gasteiger partial charge on any atom is -0.329 e. The van der Waals surface area contributed by atoms with Crippen LogP contribution in [0.5, 0.6) is 0 Å². The van der Waals surface area contributed by atoms with E-state index in [-0.39, 0.29) is 5.82 Å². The number of nitrogens with zero attached hydrogens (tertiary/aromatic N) is 1. The second-order valence-electron chi connectivity index (χ2n) is 4.57. The second kappa shape index (κ2) is 5.94. The lowest BCUT2D eigenvalue weighted by Gasteiger charge is -2.35. The topological polar surface area (TPSA) is 29.3 Å². The van der Waals surface area contributed by atoms with Gasteiger partial charge in [0.2, 0.25) is 0 Å². The van der Waals surface area contributed by atoms with Crippen LogP contribution < -0.4 is 5.73 Å². The van der Waals surface area contributed by atoms with Crippen LogP contribution in [-0.2, 0) is 6.54 Å². The Hall–Kier alpha value is -0.450. The van der Waals surface area contributed by atoms with Crippen LogP contribution in [0, 0.1) is 5.82 Å². The third-order valence-corrected chi connectivity index (χ3v) is 4.31. The average molecular weight is 301 g/mol. The molecule has 0 spiro atoms. The second-order valence-corrected chi connectivity index (χ2v) is 5.36. The van der Waals surface area contributed by atoms with Crippen molar-refractivity contribution in [2.45, 2.75) is 31.8 Å². The summed E-state index contributed by atoms with van der Waals surface area (Å²) in [6.07, 6.45) is 3.62. The van der Waals surface area contributed by atoms with E-state index in [2.05, 4.69) is 20.8 Å². The van der Waals surface area contributed by atoms with Crippen LogP contribution in [-0.4, -0.2) is 24.0 Å². The van der Waals surface area contributed by atoms with E-state index in [0.29, 0.717) is 17.1 Å². The van der Waals surface area contributed by atoms with Crippen LogP contribution >= 0.6 is 15.9 Å². The smallest absolute Gasteiger partial charge is 0.137 e. The molecule has 1 aliphatic heterocycles. The molecule has 1 aromatic rings. The summed E-state index contributed by atoms with van der Waals surface area (Å²) in [4.78, 5) is 2.36. The zero-order valence-electron chi connectivity index (χ0n) is 9.83. The average Bonchev–Trinajstić information content (AvgIpc) is 2.35. The maximum Gasteiger partial charge on any atom is 0.137 e. The van der Waals surface area contributed by atoms with E-state index in [9.17, 15) is 4.39 Å². The first-order valence-corrected chi connectivity index (χ1v) is 6.88. The number of nitrogens with two attached hydrogens (primary N) is 1. The van der Waals surface area contributed by atoms with E-state index in [1.807, 2.05) is 6.07 Å². The van der Waals surface area contributed by atoms with Gasteiger partial charge in [0.05, 0.1) is 4.47 Å². The third-order valence-electron chi connectivity index (χ3n) is 3.43. The zero-order chi connectivity index (χ0) is 12.3. The SMILES string of the molecule is NCC1CCCCN1Cc1cccc(F)c1Br. The van der Waals surface area contributed by atoms with Crippen LogP contribution in [0.1, 0.15) is 24.8 Å².